The summed E-state index contributed by atoms with van der Waals surface area (Å²) in [4.78, 5) is 11.8. The van der Waals surface area contributed by atoms with Crippen LogP contribution in [0.25, 0.3) is 0 Å². The largest absolute Gasteiger partial charge is 0.465 e. The molecule has 0 fully saturated rings. The second-order valence-corrected chi connectivity index (χ2v) is 7.80. The molecule has 30 heavy (non-hydrogen) atoms. The van der Waals surface area contributed by atoms with Gasteiger partial charge >= 0.3 is 5.97 Å². The SMILES string of the molecule is COC(=O)c1ccc(Cl)c(NC(=S)NC(c2ccccc2)c2ccc(C)cc2C)c1. The van der Waals surface area contributed by atoms with Crippen LogP contribution < -0.4 is 10.6 Å². The maximum absolute atomic E-state index is 11.8. The second kappa shape index (κ2) is 9.74. The Kier molecular flexibility index (Phi) is 7.08. The lowest BCUT2D eigenvalue weighted by Crippen LogP contribution is -2.33. The fourth-order valence-corrected chi connectivity index (χ4v) is 3.68. The van der Waals surface area contributed by atoms with Gasteiger partial charge in [-0.3, -0.25) is 0 Å². The third kappa shape index (κ3) is 5.17. The van der Waals surface area contributed by atoms with Crippen molar-refractivity contribution in [2.24, 2.45) is 0 Å². The van der Waals surface area contributed by atoms with Gasteiger partial charge in [0.2, 0.25) is 0 Å². The van der Waals surface area contributed by atoms with Crippen molar-refractivity contribution in [3.05, 3.63) is 99.6 Å². The summed E-state index contributed by atoms with van der Waals surface area (Å²) >= 11 is 11.9. The molecule has 4 nitrogen and oxygen atoms in total. The molecule has 154 valence electrons. The summed E-state index contributed by atoms with van der Waals surface area (Å²) in [6.07, 6.45) is 0. The first kappa shape index (κ1) is 21.8. The van der Waals surface area contributed by atoms with Gasteiger partial charge in [0.15, 0.2) is 5.11 Å². The standard InChI is InChI=1S/C24H23ClN2O2S/c1-15-9-11-19(16(2)13-15)22(17-7-5-4-6-8-17)27-24(30)26-21-14-18(23(28)29-3)10-12-20(21)25/h4-14,22H,1-3H3,(H2,26,27,30). The minimum atomic E-state index is -0.439. The van der Waals surface area contributed by atoms with Crippen molar-refractivity contribution in [2.45, 2.75) is 19.9 Å². The van der Waals surface area contributed by atoms with E-state index < -0.39 is 5.97 Å². The monoisotopic (exact) mass is 438 g/mol. The van der Waals surface area contributed by atoms with E-state index >= 15 is 0 Å². The van der Waals surface area contributed by atoms with Crippen molar-refractivity contribution in [1.29, 1.82) is 0 Å². The van der Waals surface area contributed by atoms with Crippen LogP contribution in [0.5, 0.6) is 0 Å². The van der Waals surface area contributed by atoms with Crippen LogP contribution in [0.15, 0.2) is 66.7 Å². The molecule has 3 rings (SSSR count). The molecule has 6 heteroatoms. The number of hydrogen-bond donors (Lipinski definition) is 2. The number of nitrogens with one attached hydrogen (secondary N) is 2. The van der Waals surface area contributed by atoms with E-state index in [-0.39, 0.29) is 6.04 Å². The highest BCUT2D eigenvalue weighted by Gasteiger charge is 2.18. The number of anilines is 1. The molecule has 0 aliphatic heterocycles. The van der Waals surface area contributed by atoms with E-state index in [1.54, 1.807) is 18.2 Å². The van der Waals surface area contributed by atoms with Crippen LogP contribution in [0, 0.1) is 13.8 Å². The number of thiocarbonyl (C=S) groups is 1. The number of aryl methyl sites for hydroxylation is 2. The zero-order chi connectivity index (χ0) is 21.7. The van der Waals surface area contributed by atoms with Crippen molar-refractivity contribution in [3.8, 4) is 0 Å². The number of esters is 1. The third-order valence-electron chi connectivity index (χ3n) is 4.78. The predicted octanol–water partition coefficient (Wildman–Crippen LogP) is 5.82. The summed E-state index contributed by atoms with van der Waals surface area (Å²) in [5.41, 5.74) is 5.51. The van der Waals surface area contributed by atoms with Crippen molar-refractivity contribution in [2.75, 3.05) is 12.4 Å². The minimum absolute atomic E-state index is 0.144. The molecule has 1 unspecified atom stereocenters. The van der Waals surface area contributed by atoms with Gasteiger partial charge in [0.1, 0.15) is 0 Å². The van der Waals surface area contributed by atoms with Gasteiger partial charge in [-0.05, 0) is 61.0 Å². The first-order chi connectivity index (χ1) is 14.4. The Bertz CT molecular complexity index is 1070. The maximum Gasteiger partial charge on any atom is 0.337 e. The Hall–Kier alpha value is -2.89. The van der Waals surface area contributed by atoms with Gasteiger partial charge < -0.3 is 15.4 Å². The van der Waals surface area contributed by atoms with Gasteiger partial charge in [0.25, 0.3) is 0 Å². The zero-order valence-electron chi connectivity index (χ0n) is 17.0. The van der Waals surface area contributed by atoms with Crippen LogP contribution in [-0.4, -0.2) is 18.2 Å². The Balaban J connectivity index is 1.88. The van der Waals surface area contributed by atoms with E-state index in [2.05, 4.69) is 54.8 Å². The first-order valence-electron chi connectivity index (χ1n) is 9.46. The number of rotatable bonds is 5. The molecule has 3 aromatic carbocycles. The molecule has 0 heterocycles. The highest BCUT2D eigenvalue weighted by molar-refractivity contribution is 7.80. The summed E-state index contributed by atoms with van der Waals surface area (Å²) < 4.78 is 4.78. The van der Waals surface area contributed by atoms with Crippen molar-refractivity contribution < 1.29 is 9.53 Å². The highest BCUT2D eigenvalue weighted by Crippen LogP contribution is 2.27. The van der Waals surface area contributed by atoms with Crippen LogP contribution in [0.2, 0.25) is 5.02 Å². The quantitative estimate of drug-likeness (QED) is 0.388. The van der Waals surface area contributed by atoms with Gasteiger partial charge in [-0.2, -0.15) is 0 Å². The van der Waals surface area contributed by atoms with E-state index in [1.807, 2.05) is 18.2 Å². The highest BCUT2D eigenvalue weighted by atomic mass is 35.5. The zero-order valence-corrected chi connectivity index (χ0v) is 18.6. The molecule has 0 amide bonds. The fraction of sp³-hybridized carbons (Fsp3) is 0.167. The number of benzene rings is 3. The van der Waals surface area contributed by atoms with Crippen molar-refractivity contribution in [1.82, 2.24) is 5.32 Å². The molecule has 0 spiro atoms. The minimum Gasteiger partial charge on any atom is -0.465 e. The summed E-state index contributed by atoms with van der Waals surface area (Å²) in [7, 11) is 1.34. The lowest BCUT2D eigenvalue weighted by atomic mass is 9.94. The summed E-state index contributed by atoms with van der Waals surface area (Å²) in [6, 6.07) is 21.2. The first-order valence-corrected chi connectivity index (χ1v) is 10.2. The molecular weight excluding hydrogens is 416 g/mol. The molecule has 1 atom stereocenters. The molecular formula is C24H23ClN2O2S. The average molecular weight is 439 g/mol. The lowest BCUT2D eigenvalue weighted by Gasteiger charge is -2.24. The topological polar surface area (TPSA) is 50.4 Å². The molecule has 0 aliphatic carbocycles. The van der Waals surface area contributed by atoms with E-state index in [9.17, 15) is 4.79 Å². The van der Waals surface area contributed by atoms with Crippen LogP contribution in [0.3, 0.4) is 0 Å². The number of methoxy groups -OCH3 is 1. The Morgan fingerprint density at radius 2 is 1.77 bits per heavy atom. The Labute approximate surface area is 187 Å². The van der Waals surface area contributed by atoms with E-state index in [0.717, 1.165) is 11.1 Å². The molecule has 0 aromatic heterocycles. The average Bonchev–Trinajstić information content (AvgIpc) is 2.74. The molecule has 0 saturated carbocycles. The van der Waals surface area contributed by atoms with E-state index in [1.165, 1.54) is 18.2 Å². The van der Waals surface area contributed by atoms with Gasteiger partial charge in [-0.1, -0.05) is 65.7 Å². The molecule has 2 N–H and O–H groups in total. The van der Waals surface area contributed by atoms with Crippen LogP contribution in [0.1, 0.15) is 38.7 Å². The van der Waals surface area contributed by atoms with Gasteiger partial charge in [-0.15, -0.1) is 0 Å². The molecule has 3 aromatic rings. The molecule has 0 radical (unpaired) electrons. The lowest BCUT2D eigenvalue weighted by molar-refractivity contribution is 0.0601. The number of carbonyl (C=O) groups is 1. The van der Waals surface area contributed by atoms with Crippen molar-refractivity contribution >= 4 is 40.6 Å². The molecule has 0 saturated heterocycles. The third-order valence-corrected chi connectivity index (χ3v) is 5.33. The van der Waals surface area contributed by atoms with Crippen molar-refractivity contribution in [3.63, 3.8) is 0 Å². The van der Waals surface area contributed by atoms with Crippen LogP contribution >= 0.6 is 23.8 Å². The normalized spacial score (nSPS) is 11.5. The van der Waals surface area contributed by atoms with Gasteiger partial charge in [-0.25, -0.2) is 4.79 Å². The van der Waals surface area contributed by atoms with Crippen LogP contribution in [0.4, 0.5) is 5.69 Å². The van der Waals surface area contributed by atoms with Crippen LogP contribution in [-0.2, 0) is 4.74 Å². The van der Waals surface area contributed by atoms with E-state index in [0.29, 0.717) is 21.4 Å². The fourth-order valence-electron chi connectivity index (χ4n) is 3.29. The van der Waals surface area contributed by atoms with Gasteiger partial charge in [0, 0.05) is 0 Å². The Morgan fingerprint density at radius 1 is 1.03 bits per heavy atom. The summed E-state index contributed by atoms with van der Waals surface area (Å²) in [5, 5.41) is 7.35. The number of ether oxygens (including phenoxy) is 1. The number of hydrogen-bond acceptors (Lipinski definition) is 3. The molecule has 0 bridgehead atoms. The molecule has 0 aliphatic rings. The maximum atomic E-state index is 11.8. The van der Waals surface area contributed by atoms with Gasteiger partial charge in [0.05, 0.1) is 29.4 Å². The second-order valence-electron chi connectivity index (χ2n) is 6.99. The predicted molar refractivity (Wildman–Crippen MR) is 126 cm³/mol. The summed E-state index contributed by atoms with van der Waals surface area (Å²) in [6.45, 7) is 4.16. The summed E-state index contributed by atoms with van der Waals surface area (Å²) in [5.74, 6) is -0.439. The smallest absolute Gasteiger partial charge is 0.337 e. The Morgan fingerprint density at radius 3 is 2.43 bits per heavy atom. The number of carbonyl (C=O) groups excluding carboxylic acids is 1. The van der Waals surface area contributed by atoms with E-state index in [4.69, 9.17) is 28.6 Å². The number of halogens is 1.